The normalized spacial score (nSPS) is 17.7. The van der Waals surface area contributed by atoms with Crippen molar-refractivity contribution >= 4 is 18.0 Å². The Morgan fingerprint density at radius 1 is 1.09 bits per heavy atom. The van der Waals surface area contributed by atoms with Crippen LogP contribution in [-0.4, -0.2) is 53.7 Å². The second kappa shape index (κ2) is 10.7. The minimum Gasteiger partial charge on any atom is -0.481 e. The standard InChI is InChI=1S/C27H32N2O5/c1-2-7-19(15-25(30)29-13-12-18(16-29)14-26(31)32)28-27(33)34-17-24-22-10-5-3-8-20(22)21-9-4-6-11-23(21)24/h3-6,8-11,18-19,24H,2,7,12-17H2,1H3,(H,28,33)(H,31,32)/t18?,19-/m1/s1. The molecule has 7 heteroatoms. The SMILES string of the molecule is CCC[C@H](CC(=O)N1CCC(CC(=O)O)C1)NC(=O)OCC1c2ccccc2-c2ccccc21. The van der Waals surface area contributed by atoms with Gasteiger partial charge < -0.3 is 20.1 Å². The maximum atomic E-state index is 12.8. The number of amides is 2. The molecule has 2 N–H and O–H groups in total. The fourth-order valence-electron chi connectivity index (χ4n) is 5.19. The highest BCUT2D eigenvalue weighted by atomic mass is 16.5. The van der Waals surface area contributed by atoms with Gasteiger partial charge in [0.2, 0.25) is 5.91 Å². The molecule has 0 bridgehead atoms. The first kappa shape index (κ1) is 23.8. The van der Waals surface area contributed by atoms with E-state index in [2.05, 4.69) is 29.6 Å². The zero-order valence-electron chi connectivity index (χ0n) is 19.5. The molecule has 1 aliphatic heterocycles. The molecule has 0 aromatic heterocycles. The average Bonchev–Trinajstić information content (AvgIpc) is 3.40. The fraction of sp³-hybridized carbons (Fsp3) is 0.444. The van der Waals surface area contributed by atoms with Crippen LogP contribution in [0.1, 0.15) is 56.1 Å². The van der Waals surface area contributed by atoms with Crippen molar-refractivity contribution in [2.75, 3.05) is 19.7 Å². The van der Waals surface area contributed by atoms with Gasteiger partial charge in [-0.2, -0.15) is 0 Å². The van der Waals surface area contributed by atoms with Gasteiger partial charge >= 0.3 is 12.1 Å². The van der Waals surface area contributed by atoms with Crippen LogP contribution in [0.5, 0.6) is 0 Å². The molecule has 2 aromatic carbocycles. The molecule has 2 amide bonds. The summed E-state index contributed by atoms with van der Waals surface area (Å²) >= 11 is 0. The number of alkyl carbamates (subject to hydrolysis) is 1. The first-order valence-electron chi connectivity index (χ1n) is 12.1. The summed E-state index contributed by atoms with van der Waals surface area (Å²) in [7, 11) is 0. The molecule has 7 nitrogen and oxygen atoms in total. The Bertz CT molecular complexity index is 1010. The van der Waals surface area contributed by atoms with Gasteiger partial charge in [-0.3, -0.25) is 9.59 Å². The van der Waals surface area contributed by atoms with Gasteiger partial charge in [-0.1, -0.05) is 61.9 Å². The van der Waals surface area contributed by atoms with E-state index in [4.69, 9.17) is 9.84 Å². The van der Waals surface area contributed by atoms with Crippen LogP contribution in [0.25, 0.3) is 11.1 Å². The number of carboxylic acid groups (broad SMARTS) is 1. The first-order chi connectivity index (χ1) is 16.5. The zero-order chi connectivity index (χ0) is 24.1. The largest absolute Gasteiger partial charge is 0.481 e. The number of rotatable bonds is 9. The van der Waals surface area contributed by atoms with Crippen LogP contribution in [0.15, 0.2) is 48.5 Å². The Labute approximate surface area is 200 Å². The van der Waals surface area contributed by atoms with Gasteiger partial charge in [0.15, 0.2) is 0 Å². The second-order valence-electron chi connectivity index (χ2n) is 9.25. The molecule has 0 spiro atoms. The maximum absolute atomic E-state index is 12.8. The van der Waals surface area contributed by atoms with Gasteiger partial charge in [-0.25, -0.2) is 4.79 Å². The van der Waals surface area contributed by atoms with Crippen molar-refractivity contribution in [2.45, 2.75) is 51.0 Å². The number of aliphatic carboxylic acids is 1. The summed E-state index contributed by atoms with van der Waals surface area (Å²) in [5.41, 5.74) is 4.66. The fourth-order valence-corrected chi connectivity index (χ4v) is 5.19. The van der Waals surface area contributed by atoms with E-state index in [1.54, 1.807) is 4.90 Å². The number of fused-ring (bicyclic) bond motifs is 3. The molecule has 0 saturated carbocycles. The van der Waals surface area contributed by atoms with Crippen LogP contribution in [0, 0.1) is 5.92 Å². The zero-order valence-corrected chi connectivity index (χ0v) is 19.5. The van der Waals surface area contributed by atoms with Crippen molar-refractivity contribution < 1.29 is 24.2 Å². The number of nitrogens with zero attached hydrogens (tertiary/aromatic N) is 1. The maximum Gasteiger partial charge on any atom is 0.407 e. The summed E-state index contributed by atoms with van der Waals surface area (Å²) < 4.78 is 5.64. The lowest BCUT2D eigenvalue weighted by Gasteiger charge is -2.22. The van der Waals surface area contributed by atoms with Gasteiger partial charge in [0, 0.05) is 37.9 Å². The Hall–Kier alpha value is -3.35. The quantitative estimate of drug-likeness (QED) is 0.573. The minimum absolute atomic E-state index is 0.00108. The van der Waals surface area contributed by atoms with Crippen molar-refractivity contribution in [3.05, 3.63) is 59.7 Å². The molecule has 2 aliphatic rings. The molecule has 180 valence electrons. The third-order valence-electron chi connectivity index (χ3n) is 6.83. The molecule has 2 atom stereocenters. The molecule has 1 unspecified atom stereocenters. The first-order valence-corrected chi connectivity index (χ1v) is 12.1. The monoisotopic (exact) mass is 464 g/mol. The molecule has 1 aliphatic carbocycles. The van der Waals surface area contributed by atoms with Crippen LogP contribution in [0.2, 0.25) is 0 Å². The molecular formula is C27H32N2O5. The van der Waals surface area contributed by atoms with Crippen molar-refractivity contribution in [3.63, 3.8) is 0 Å². The molecule has 1 heterocycles. The highest BCUT2D eigenvalue weighted by molar-refractivity contribution is 5.80. The predicted octanol–water partition coefficient (Wildman–Crippen LogP) is 4.41. The summed E-state index contributed by atoms with van der Waals surface area (Å²) in [4.78, 5) is 38.1. The topological polar surface area (TPSA) is 95.9 Å². The van der Waals surface area contributed by atoms with Crippen LogP contribution >= 0.6 is 0 Å². The van der Waals surface area contributed by atoms with Gasteiger partial charge in [-0.15, -0.1) is 0 Å². The number of ether oxygens (including phenoxy) is 1. The Balaban J connectivity index is 1.32. The number of nitrogens with one attached hydrogen (secondary N) is 1. The van der Waals surface area contributed by atoms with Gasteiger partial charge in [0.05, 0.1) is 0 Å². The Kier molecular flexibility index (Phi) is 7.50. The molecule has 0 radical (unpaired) electrons. The number of hydrogen-bond acceptors (Lipinski definition) is 4. The third kappa shape index (κ3) is 5.41. The summed E-state index contributed by atoms with van der Waals surface area (Å²) in [6, 6.07) is 16.1. The van der Waals surface area contributed by atoms with E-state index in [-0.39, 0.29) is 43.2 Å². The number of carbonyl (C=O) groups excluding carboxylic acids is 2. The number of carboxylic acids is 1. The third-order valence-corrected chi connectivity index (χ3v) is 6.83. The van der Waals surface area contributed by atoms with E-state index >= 15 is 0 Å². The van der Waals surface area contributed by atoms with Crippen molar-refractivity contribution in [1.82, 2.24) is 10.2 Å². The second-order valence-corrected chi connectivity index (χ2v) is 9.25. The minimum atomic E-state index is -0.833. The van der Waals surface area contributed by atoms with E-state index in [1.807, 2.05) is 31.2 Å². The van der Waals surface area contributed by atoms with E-state index in [1.165, 1.54) is 11.1 Å². The number of likely N-dealkylation sites (tertiary alicyclic amines) is 1. The predicted molar refractivity (Wildman–Crippen MR) is 128 cm³/mol. The van der Waals surface area contributed by atoms with E-state index in [0.29, 0.717) is 25.9 Å². The average molecular weight is 465 g/mol. The number of benzene rings is 2. The lowest BCUT2D eigenvalue weighted by Crippen LogP contribution is -2.40. The smallest absolute Gasteiger partial charge is 0.407 e. The van der Waals surface area contributed by atoms with E-state index in [0.717, 1.165) is 17.5 Å². The molecular weight excluding hydrogens is 432 g/mol. The Morgan fingerprint density at radius 2 is 1.74 bits per heavy atom. The van der Waals surface area contributed by atoms with Crippen LogP contribution < -0.4 is 5.32 Å². The summed E-state index contributed by atoms with van der Waals surface area (Å²) in [6.45, 7) is 3.28. The summed E-state index contributed by atoms with van der Waals surface area (Å²) in [5, 5.41) is 11.9. The van der Waals surface area contributed by atoms with Crippen molar-refractivity contribution in [3.8, 4) is 11.1 Å². The number of carbonyl (C=O) groups is 3. The highest BCUT2D eigenvalue weighted by Crippen LogP contribution is 2.44. The summed E-state index contributed by atoms with van der Waals surface area (Å²) in [5.74, 6) is -0.897. The molecule has 1 saturated heterocycles. The van der Waals surface area contributed by atoms with E-state index < -0.39 is 12.1 Å². The lowest BCUT2D eigenvalue weighted by molar-refractivity contribution is -0.138. The highest BCUT2D eigenvalue weighted by Gasteiger charge is 2.31. The Morgan fingerprint density at radius 3 is 2.35 bits per heavy atom. The van der Waals surface area contributed by atoms with Crippen molar-refractivity contribution in [2.24, 2.45) is 5.92 Å². The van der Waals surface area contributed by atoms with Gasteiger partial charge in [0.25, 0.3) is 0 Å². The van der Waals surface area contributed by atoms with Crippen LogP contribution in [-0.2, 0) is 14.3 Å². The van der Waals surface area contributed by atoms with Crippen molar-refractivity contribution in [1.29, 1.82) is 0 Å². The van der Waals surface area contributed by atoms with Gasteiger partial charge in [0.1, 0.15) is 6.61 Å². The lowest BCUT2D eigenvalue weighted by atomic mass is 9.98. The molecule has 2 aromatic rings. The van der Waals surface area contributed by atoms with E-state index in [9.17, 15) is 14.4 Å². The van der Waals surface area contributed by atoms with Gasteiger partial charge in [-0.05, 0) is 41.0 Å². The molecule has 1 fully saturated rings. The van der Waals surface area contributed by atoms with Crippen LogP contribution in [0.3, 0.4) is 0 Å². The molecule has 4 rings (SSSR count). The molecule has 34 heavy (non-hydrogen) atoms. The number of hydrogen-bond donors (Lipinski definition) is 2. The van der Waals surface area contributed by atoms with Crippen LogP contribution in [0.4, 0.5) is 4.79 Å². The summed E-state index contributed by atoms with van der Waals surface area (Å²) in [6.07, 6.45) is 1.96.